The van der Waals surface area contributed by atoms with Crippen molar-refractivity contribution in [2.75, 3.05) is 0 Å². The molecule has 3 nitrogen and oxygen atoms in total. The lowest BCUT2D eigenvalue weighted by molar-refractivity contribution is -0.132. The van der Waals surface area contributed by atoms with E-state index in [9.17, 15) is 4.79 Å². The minimum Gasteiger partial charge on any atom is -0.348 e. The zero-order valence-corrected chi connectivity index (χ0v) is 12.0. The summed E-state index contributed by atoms with van der Waals surface area (Å²) in [4.78, 5) is 13.4. The number of thiophene rings is 1. The molecule has 0 radical (unpaired) electrons. The van der Waals surface area contributed by atoms with Crippen molar-refractivity contribution in [3.8, 4) is 0 Å². The first-order valence-corrected chi connectivity index (χ1v) is 6.67. The Balaban J connectivity index is 2.73. The van der Waals surface area contributed by atoms with Gasteiger partial charge in [-0.15, -0.1) is 11.3 Å². The first-order chi connectivity index (χ1) is 7.66. The Labute approximate surface area is 107 Å². The van der Waals surface area contributed by atoms with Crippen molar-refractivity contribution < 1.29 is 4.79 Å². The third kappa shape index (κ3) is 3.07. The van der Waals surface area contributed by atoms with Crippen LogP contribution in [0.25, 0.3) is 0 Å². The highest BCUT2D eigenvalue weighted by atomic mass is 32.1. The molecule has 0 spiro atoms. The highest BCUT2D eigenvalue weighted by Gasteiger charge is 2.40. The van der Waals surface area contributed by atoms with E-state index in [1.165, 1.54) is 0 Å². The van der Waals surface area contributed by atoms with Crippen molar-refractivity contribution in [2.24, 2.45) is 11.1 Å². The molecule has 0 aliphatic heterocycles. The Kier molecular flexibility index (Phi) is 3.99. The second kappa shape index (κ2) is 4.78. The molecule has 1 rings (SSSR count). The van der Waals surface area contributed by atoms with Gasteiger partial charge in [-0.2, -0.15) is 0 Å². The third-order valence-corrected chi connectivity index (χ3v) is 4.55. The topological polar surface area (TPSA) is 55.1 Å². The molecule has 0 unspecified atom stereocenters. The second-order valence-electron chi connectivity index (χ2n) is 5.56. The molecule has 96 valence electrons. The minimum atomic E-state index is -0.599. The molecule has 0 aromatic carbocycles. The molecule has 0 saturated carbocycles. The van der Waals surface area contributed by atoms with Gasteiger partial charge in [0, 0.05) is 10.4 Å². The number of nitrogens with one attached hydrogen (secondary N) is 1. The molecular formula is C13H22N2OS. The summed E-state index contributed by atoms with van der Waals surface area (Å²) >= 11 is 1.65. The summed E-state index contributed by atoms with van der Waals surface area (Å²) in [7, 11) is 0. The molecule has 1 aromatic rings. The fourth-order valence-electron chi connectivity index (χ4n) is 1.28. The van der Waals surface area contributed by atoms with E-state index in [-0.39, 0.29) is 11.9 Å². The summed E-state index contributed by atoms with van der Waals surface area (Å²) in [6, 6.07) is 4.04. The summed E-state index contributed by atoms with van der Waals surface area (Å²) in [6.07, 6.45) is 0. The van der Waals surface area contributed by atoms with Crippen molar-refractivity contribution in [1.29, 1.82) is 0 Å². The molecular weight excluding hydrogens is 232 g/mol. The van der Waals surface area contributed by atoms with Crippen molar-refractivity contribution in [3.63, 3.8) is 0 Å². The van der Waals surface area contributed by atoms with E-state index in [1.54, 1.807) is 11.3 Å². The van der Waals surface area contributed by atoms with Crippen LogP contribution < -0.4 is 11.1 Å². The van der Waals surface area contributed by atoms with E-state index in [4.69, 9.17) is 5.73 Å². The van der Waals surface area contributed by atoms with Gasteiger partial charge in [0.25, 0.3) is 0 Å². The highest BCUT2D eigenvalue weighted by Crippen LogP contribution is 2.29. The molecule has 3 N–H and O–H groups in total. The molecule has 0 fully saturated rings. The number of amides is 1. The van der Waals surface area contributed by atoms with E-state index in [0.29, 0.717) is 0 Å². The Morgan fingerprint density at radius 3 is 2.41 bits per heavy atom. The van der Waals surface area contributed by atoms with Crippen molar-refractivity contribution in [3.05, 3.63) is 22.4 Å². The van der Waals surface area contributed by atoms with E-state index in [1.807, 2.05) is 52.1 Å². The highest BCUT2D eigenvalue weighted by molar-refractivity contribution is 7.10. The number of carbonyl (C=O) groups is 1. The smallest absolute Gasteiger partial charge is 0.227 e. The lowest BCUT2D eigenvalue weighted by Crippen LogP contribution is -2.55. The monoisotopic (exact) mass is 254 g/mol. The van der Waals surface area contributed by atoms with Crippen LogP contribution in [-0.4, -0.2) is 11.4 Å². The number of hydrogen-bond acceptors (Lipinski definition) is 3. The maximum absolute atomic E-state index is 12.2. The molecule has 1 aromatic heterocycles. The molecule has 17 heavy (non-hydrogen) atoms. The summed E-state index contributed by atoms with van der Waals surface area (Å²) in [6.45, 7) is 9.50. The number of rotatable bonds is 4. The molecule has 0 bridgehead atoms. The average Bonchev–Trinajstić information content (AvgIpc) is 2.68. The molecule has 0 aliphatic carbocycles. The summed E-state index contributed by atoms with van der Waals surface area (Å²) in [5, 5.41) is 5.03. The van der Waals surface area contributed by atoms with Crippen LogP contribution in [0, 0.1) is 5.41 Å². The molecule has 1 heterocycles. The zero-order valence-electron chi connectivity index (χ0n) is 11.2. The normalized spacial score (nSPS) is 14.5. The van der Waals surface area contributed by atoms with Gasteiger partial charge in [0.1, 0.15) is 0 Å². The van der Waals surface area contributed by atoms with Gasteiger partial charge in [-0.3, -0.25) is 4.79 Å². The van der Waals surface area contributed by atoms with Crippen LogP contribution in [0.2, 0.25) is 0 Å². The van der Waals surface area contributed by atoms with E-state index < -0.39 is 11.0 Å². The number of carbonyl (C=O) groups excluding carboxylic acids is 1. The number of hydrogen-bond donors (Lipinski definition) is 2. The van der Waals surface area contributed by atoms with Gasteiger partial charge >= 0.3 is 0 Å². The van der Waals surface area contributed by atoms with Crippen LogP contribution in [-0.2, 0) is 4.79 Å². The van der Waals surface area contributed by atoms with Crippen molar-refractivity contribution >= 4 is 17.2 Å². The van der Waals surface area contributed by atoms with Gasteiger partial charge in [-0.1, -0.05) is 6.07 Å². The van der Waals surface area contributed by atoms with E-state index in [2.05, 4.69) is 5.32 Å². The Hall–Kier alpha value is -0.870. The van der Waals surface area contributed by atoms with Gasteiger partial charge < -0.3 is 11.1 Å². The van der Waals surface area contributed by atoms with Gasteiger partial charge in [0.15, 0.2) is 0 Å². The fourth-order valence-corrected chi connectivity index (χ4v) is 2.01. The average molecular weight is 254 g/mol. The first kappa shape index (κ1) is 14.2. The van der Waals surface area contributed by atoms with Gasteiger partial charge in [0.2, 0.25) is 5.91 Å². The zero-order chi connectivity index (χ0) is 13.3. The van der Waals surface area contributed by atoms with Crippen LogP contribution in [0.1, 0.15) is 45.5 Å². The molecule has 4 heteroatoms. The fraction of sp³-hybridized carbons (Fsp3) is 0.615. The summed E-state index contributed by atoms with van der Waals surface area (Å²) in [5.41, 5.74) is 4.90. The molecule has 0 saturated heterocycles. The van der Waals surface area contributed by atoms with Gasteiger partial charge in [-0.25, -0.2) is 0 Å². The van der Waals surface area contributed by atoms with Crippen LogP contribution in [0.4, 0.5) is 0 Å². The molecule has 0 aliphatic rings. The van der Waals surface area contributed by atoms with E-state index >= 15 is 0 Å². The van der Waals surface area contributed by atoms with Crippen LogP contribution in [0.15, 0.2) is 17.5 Å². The Morgan fingerprint density at radius 2 is 2.00 bits per heavy atom. The minimum absolute atomic E-state index is 0.00843. The van der Waals surface area contributed by atoms with Crippen LogP contribution in [0.5, 0.6) is 0 Å². The Bertz CT molecular complexity index is 377. The van der Waals surface area contributed by atoms with E-state index in [0.717, 1.165) is 4.88 Å². The predicted molar refractivity (Wildman–Crippen MR) is 72.9 cm³/mol. The predicted octanol–water partition coefficient (Wildman–Crippen LogP) is 2.69. The van der Waals surface area contributed by atoms with Gasteiger partial charge in [-0.05, 0) is 46.1 Å². The van der Waals surface area contributed by atoms with Gasteiger partial charge in [0.05, 0.1) is 11.5 Å². The summed E-state index contributed by atoms with van der Waals surface area (Å²) < 4.78 is 0. The Morgan fingerprint density at radius 1 is 1.41 bits per heavy atom. The van der Waals surface area contributed by atoms with Crippen LogP contribution >= 0.6 is 11.3 Å². The largest absolute Gasteiger partial charge is 0.348 e. The standard InChI is InChI=1S/C13H22N2OS/c1-9(10-7-6-8-17-10)15-11(16)12(2,3)13(4,5)14/h6-9H,14H2,1-5H3,(H,15,16)/t9-/m0/s1. The lowest BCUT2D eigenvalue weighted by atomic mass is 9.74. The summed E-state index contributed by atoms with van der Waals surface area (Å²) in [5.74, 6) is -0.00843. The maximum Gasteiger partial charge on any atom is 0.227 e. The van der Waals surface area contributed by atoms with Crippen molar-refractivity contribution in [2.45, 2.75) is 46.2 Å². The first-order valence-electron chi connectivity index (χ1n) is 5.79. The molecule has 1 atom stereocenters. The quantitative estimate of drug-likeness (QED) is 0.868. The molecule has 1 amide bonds. The maximum atomic E-state index is 12.2. The third-order valence-electron chi connectivity index (χ3n) is 3.50. The SMILES string of the molecule is C[C@H](NC(=O)C(C)(C)C(C)(C)N)c1cccs1. The lowest BCUT2D eigenvalue weighted by Gasteiger charge is -2.37. The number of nitrogens with two attached hydrogens (primary N) is 1. The van der Waals surface area contributed by atoms with Crippen molar-refractivity contribution in [1.82, 2.24) is 5.32 Å². The van der Waals surface area contributed by atoms with Crippen LogP contribution in [0.3, 0.4) is 0 Å². The second-order valence-corrected chi connectivity index (χ2v) is 6.54.